The lowest BCUT2D eigenvalue weighted by molar-refractivity contribution is 0.609. The number of pyridine rings is 2. The van der Waals surface area contributed by atoms with Gasteiger partial charge in [0.1, 0.15) is 5.82 Å². The summed E-state index contributed by atoms with van der Waals surface area (Å²) in [4.78, 5) is 12.9. The molecule has 0 aliphatic carbocycles. The third-order valence-corrected chi connectivity index (χ3v) is 3.85. The summed E-state index contributed by atoms with van der Waals surface area (Å²) in [5, 5.41) is 0. The van der Waals surface area contributed by atoms with Crippen LogP contribution < -0.4 is 5.73 Å². The van der Waals surface area contributed by atoms with E-state index in [4.69, 9.17) is 5.73 Å². The molecule has 2 heterocycles. The minimum absolute atomic E-state index is 0.211. The molecule has 0 amide bonds. The average Bonchev–Trinajstić information content (AvgIpc) is 2.70. The molecule has 0 aliphatic rings. The molecule has 0 unspecified atom stereocenters. The Kier molecular flexibility index (Phi) is 5.83. The van der Waals surface area contributed by atoms with Crippen LogP contribution in [0, 0.1) is 5.82 Å². The zero-order chi connectivity index (χ0) is 18.2. The van der Waals surface area contributed by atoms with Gasteiger partial charge in [0.25, 0.3) is 0 Å². The van der Waals surface area contributed by atoms with Crippen LogP contribution in [-0.4, -0.2) is 22.2 Å². The molecule has 0 aliphatic heterocycles. The first kappa shape index (κ1) is 17.5. The van der Waals surface area contributed by atoms with E-state index in [-0.39, 0.29) is 5.82 Å². The van der Waals surface area contributed by atoms with Crippen LogP contribution in [0.2, 0.25) is 0 Å². The average molecular weight is 346 g/mol. The maximum Gasteiger partial charge on any atom is 0.126 e. The highest BCUT2D eigenvalue weighted by atomic mass is 19.1. The van der Waals surface area contributed by atoms with Gasteiger partial charge in [-0.15, -0.1) is 0 Å². The van der Waals surface area contributed by atoms with Gasteiger partial charge in [0.15, 0.2) is 0 Å². The van der Waals surface area contributed by atoms with Crippen molar-refractivity contribution in [2.24, 2.45) is 10.7 Å². The van der Waals surface area contributed by atoms with Crippen molar-refractivity contribution in [1.29, 1.82) is 0 Å². The predicted molar refractivity (Wildman–Crippen MR) is 102 cm³/mol. The van der Waals surface area contributed by atoms with Gasteiger partial charge in [-0.05, 0) is 48.4 Å². The van der Waals surface area contributed by atoms with E-state index >= 15 is 0 Å². The minimum atomic E-state index is -0.211. The van der Waals surface area contributed by atoms with Gasteiger partial charge in [-0.25, -0.2) is 4.39 Å². The summed E-state index contributed by atoms with van der Waals surface area (Å²) in [5.41, 5.74) is 9.64. The molecule has 2 aromatic heterocycles. The van der Waals surface area contributed by atoms with E-state index in [1.807, 2.05) is 36.4 Å². The summed E-state index contributed by atoms with van der Waals surface area (Å²) in [5.74, 6) is -0.211. The molecule has 0 atom stereocenters. The molecule has 3 rings (SSSR count). The highest BCUT2D eigenvalue weighted by Crippen LogP contribution is 2.11. The van der Waals surface area contributed by atoms with E-state index in [2.05, 4.69) is 15.0 Å². The third kappa shape index (κ3) is 4.60. The number of aromatic nitrogens is 2. The zero-order valence-electron chi connectivity index (χ0n) is 14.2. The summed E-state index contributed by atoms with van der Waals surface area (Å²) in [6.07, 6.45) is 7.40. The number of aliphatic imine (C=N–C) groups is 1. The van der Waals surface area contributed by atoms with Crippen molar-refractivity contribution in [3.63, 3.8) is 0 Å². The molecule has 0 fully saturated rings. The van der Waals surface area contributed by atoms with E-state index in [0.29, 0.717) is 35.6 Å². The lowest BCUT2D eigenvalue weighted by Crippen LogP contribution is -2.06. The molecule has 3 aromatic rings. The van der Waals surface area contributed by atoms with E-state index < -0.39 is 0 Å². The Hall–Kier alpha value is -3.34. The van der Waals surface area contributed by atoms with E-state index in [1.54, 1.807) is 36.8 Å². The number of halogens is 1. The van der Waals surface area contributed by atoms with Crippen molar-refractivity contribution >= 4 is 11.4 Å². The molecule has 1 aromatic carbocycles. The first-order valence-electron chi connectivity index (χ1n) is 8.31. The Balaban J connectivity index is 1.85. The standard InChI is InChI=1S/C21H19FN4/c22-18-6-2-1-5-16(18)10-14-26-21(17-8-12-24-13-9-17)15-19(23)20-7-3-4-11-25-20/h1-9,11-13,15H,10,14,23H2. The number of nitrogens with zero attached hydrogens (tertiary/aromatic N) is 3. The van der Waals surface area contributed by atoms with Gasteiger partial charge in [0.05, 0.1) is 17.1 Å². The van der Waals surface area contributed by atoms with Gasteiger partial charge in [0.2, 0.25) is 0 Å². The first-order chi connectivity index (χ1) is 12.7. The fraction of sp³-hybridized carbons (Fsp3) is 0.0952. The number of rotatable bonds is 6. The predicted octanol–water partition coefficient (Wildman–Crippen LogP) is 3.65. The van der Waals surface area contributed by atoms with Gasteiger partial charge in [-0.1, -0.05) is 24.3 Å². The molecule has 0 saturated carbocycles. The molecule has 0 bridgehead atoms. The number of hydrogen-bond donors (Lipinski definition) is 1. The van der Waals surface area contributed by atoms with Gasteiger partial charge < -0.3 is 5.73 Å². The van der Waals surface area contributed by atoms with Crippen LogP contribution in [0.15, 0.2) is 84.3 Å². The molecular formula is C21H19FN4. The van der Waals surface area contributed by atoms with Crippen LogP contribution in [0.25, 0.3) is 5.70 Å². The quantitative estimate of drug-likeness (QED) is 0.693. The Labute approximate surface area is 152 Å². The summed E-state index contributed by atoms with van der Waals surface area (Å²) in [6.45, 7) is 0.449. The monoisotopic (exact) mass is 346 g/mol. The lowest BCUT2D eigenvalue weighted by Gasteiger charge is -2.06. The van der Waals surface area contributed by atoms with E-state index in [1.165, 1.54) is 6.07 Å². The summed E-state index contributed by atoms with van der Waals surface area (Å²) in [6, 6.07) is 16.0. The molecule has 0 saturated heterocycles. The van der Waals surface area contributed by atoms with Crippen molar-refractivity contribution in [3.05, 3.63) is 102 Å². The van der Waals surface area contributed by atoms with E-state index in [0.717, 1.165) is 5.56 Å². The SMILES string of the molecule is NC(=CC(=NCCc1ccccc1F)c1ccncc1)c1ccccn1. The molecule has 0 radical (unpaired) electrons. The lowest BCUT2D eigenvalue weighted by atomic mass is 10.1. The fourth-order valence-electron chi connectivity index (χ4n) is 2.50. The molecule has 5 heteroatoms. The van der Waals surface area contributed by atoms with Gasteiger partial charge in [-0.2, -0.15) is 0 Å². The van der Waals surface area contributed by atoms with Crippen LogP contribution >= 0.6 is 0 Å². The largest absolute Gasteiger partial charge is 0.397 e. The second-order valence-corrected chi connectivity index (χ2v) is 5.66. The van der Waals surface area contributed by atoms with E-state index in [9.17, 15) is 4.39 Å². The van der Waals surface area contributed by atoms with Crippen LogP contribution in [0.1, 0.15) is 16.8 Å². The highest BCUT2D eigenvalue weighted by Gasteiger charge is 2.05. The maximum atomic E-state index is 13.8. The van der Waals surface area contributed by atoms with Crippen molar-refractivity contribution in [1.82, 2.24) is 9.97 Å². The van der Waals surface area contributed by atoms with Crippen molar-refractivity contribution in [3.8, 4) is 0 Å². The molecule has 0 spiro atoms. The van der Waals surface area contributed by atoms with Crippen molar-refractivity contribution < 1.29 is 4.39 Å². The van der Waals surface area contributed by atoms with Crippen LogP contribution in [-0.2, 0) is 6.42 Å². The maximum absolute atomic E-state index is 13.8. The van der Waals surface area contributed by atoms with Gasteiger partial charge in [-0.3, -0.25) is 15.0 Å². The Bertz CT molecular complexity index is 906. The van der Waals surface area contributed by atoms with Gasteiger partial charge in [0, 0.05) is 30.7 Å². The molecule has 130 valence electrons. The normalized spacial score (nSPS) is 12.2. The number of hydrogen-bond acceptors (Lipinski definition) is 4. The second kappa shape index (κ2) is 8.67. The first-order valence-corrected chi connectivity index (χ1v) is 8.31. The Morgan fingerprint density at radius 2 is 1.77 bits per heavy atom. The topological polar surface area (TPSA) is 64.2 Å². The third-order valence-electron chi connectivity index (χ3n) is 3.85. The highest BCUT2D eigenvalue weighted by molar-refractivity contribution is 6.11. The minimum Gasteiger partial charge on any atom is -0.397 e. The molecule has 26 heavy (non-hydrogen) atoms. The fourth-order valence-corrected chi connectivity index (χ4v) is 2.50. The zero-order valence-corrected chi connectivity index (χ0v) is 14.2. The number of allylic oxidation sites excluding steroid dienone is 1. The van der Waals surface area contributed by atoms with Crippen LogP contribution in [0.3, 0.4) is 0 Å². The number of benzene rings is 1. The molecule has 2 N–H and O–H groups in total. The Morgan fingerprint density at radius 1 is 1.00 bits per heavy atom. The molecule has 4 nitrogen and oxygen atoms in total. The van der Waals surface area contributed by atoms with Gasteiger partial charge >= 0.3 is 0 Å². The van der Waals surface area contributed by atoms with Crippen molar-refractivity contribution in [2.75, 3.05) is 6.54 Å². The van der Waals surface area contributed by atoms with Crippen LogP contribution in [0.5, 0.6) is 0 Å². The van der Waals surface area contributed by atoms with Crippen molar-refractivity contribution in [2.45, 2.75) is 6.42 Å². The smallest absolute Gasteiger partial charge is 0.126 e. The summed E-state index contributed by atoms with van der Waals surface area (Å²) in [7, 11) is 0. The molecular weight excluding hydrogens is 327 g/mol. The number of nitrogens with two attached hydrogens (primary N) is 1. The summed E-state index contributed by atoms with van der Waals surface area (Å²) < 4.78 is 13.8. The second-order valence-electron chi connectivity index (χ2n) is 5.66. The summed E-state index contributed by atoms with van der Waals surface area (Å²) >= 11 is 0. The Morgan fingerprint density at radius 3 is 2.50 bits per heavy atom. The van der Waals surface area contributed by atoms with Crippen LogP contribution in [0.4, 0.5) is 4.39 Å².